The van der Waals surface area contributed by atoms with Crippen LogP contribution in [-0.2, 0) is 0 Å². The highest BCUT2D eigenvalue weighted by atomic mass is 16.6. The number of benzene rings is 1. The number of hydrogen-bond donors (Lipinski definition) is 1. The van der Waals surface area contributed by atoms with E-state index in [2.05, 4.69) is 37.4 Å². The van der Waals surface area contributed by atoms with Crippen molar-refractivity contribution >= 4 is 6.08 Å². The summed E-state index contributed by atoms with van der Waals surface area (Å²) in [6, 6.07) is 6.61. The van der Waals surface area contributed by atoms with Gasteiger partial charge in [-0.1, -0.05) is 32.1 Å². The van der Waals surface area contributed by atoms with E-state index in [1.165, 1.54) is 0 Å². The van der Waals surface area contributed by atoms with Gasteiger partial charge < -0.3 is 14.8 Å². The molecule has 2 rings (SSSR count). The Labute approximate surface area is 109 Å². The molecule has 0 aromatic heterocycles. The van der Waals surface area contributed by atoms with Crippen molar-refractivity contribution < 1.29 is 9.47 Å². The third-order valence-electron chi connectivity index (χ3n) is 2.74. The molecular formula is C15H21NO2. The first kappa shape index (κ1) is 13.0. The van der Waals surface area contributed by atoms with Gasteiger partial charge in [-0.2, -0.15) is 0 Å². The van der Waals surface area contributed by atoms with Crippen molar-refractivity contribution in [2.24, 2.45) is 0 Å². The normalized spacial score (nSPS) is 14.4. The lowest BCUT2D eigenvalue weighted by Crippen LogP contribution is -2.23. The summed E-state index contributed by atoms with van der Waals surface area (Å²) in [6.07, 6.45) is 5.34. The average molecular weight is 247 g/mol. The molecule has 0 unspecified atom stereocenters. The monoisotopic (exact) mass is 247 g/mol. The van der Waals surface area contributed by atoms with Gasteiger partial charge in [0.1, 0.15) is 13.2 Å². The van der Waals surface area contributed by atoms with E-state index < -0.39 is 0 Å². The highest BCUT2D eigenvalue weighted by molar-refractivity contribution is 5.56. The van der Waals surface area contributed by atoms with Crippen LogP contribution in [0.25, 0.3) is 6.08 Å². The molecule has 1 heterocycles. The van der Waals surface area contributed by atoms with Crippen molar-refractivity contribution in [2.45, 2.75) is 26.3 Å². The Morgan fingerprint density at radius 1 is 1.22 bits per heavy atom. The molecular weight excluding hydrogens is 226 g/mol. The van der Waals surface area contributed by atoms with E-state index in [0.717, 1.165) is 30.0 Å². The summed E-state index contributed by atoms with van der Waals surface area (Å²) in [6.45, 7) is 6.61. The van der Waals surface area contributed by atoms with Crippen LogP contribution in [0.1, 0.15) is 25.8 Å². The number of rotatable bonds is 5. The summed E-state index contributed by atoms with van der Waals surface area (Å²) in [7, 11) is 0. The molecule has 3 nitrogen and oxygen atoms in total. The molecule has 1 N–H and O–H groups in total. The van der Waals surface area contributed by atoms with Crippen LogP contribution >= 0.6 is 0 Å². The van der Waals surface area contributed by atoms with Crippen LogP contribution in [0.5, 0.6) is 11.5 Å². The summed E-state index contributed by atoms with van der Waals surface area (Å²) in [5, 5.41) is 3.39. The largest absolute Gasteiger partial charge is 0.486 e. The molecule has 0 amide bonds. The molecule has 1 aromatic rings. The summed E-state index contributed by atoms with van der Waals surface area (Å²) in [4.78, 5) is 0. The molecule has 98 valence electrons. The zero-order valence-corrected chi connectivity index (χ0v) is 11.1. The predicted octanol–water partition coefficient (Wildman–Crippen LogP) is 2.86. The quantitative estimate of drug-likeness (QED) is 0.812. The fourth-order valence-electron chi connectivity index (χ4n) is 1.84. The van der Waals surface area contributed by atoms with Gasteiger partial charge in [0.05, 0.1) is 0 Å². The predicted molar refractivity (Wildman–Crippen MR) is 74.2 cm³/mol. The number of ether oxygens (including phenoxy) is 2. The molecule has 1 aliphatic heterocycles. The van der Waals surface area contributed by atoms with Crippen LogP contribution < -0.4 is 14.8 Å². The lowest BCUT2D eigenvalue weighted by atomic mass is 10.1. The van der Waals surface area contributed by atoms with Crippen molar-refractivity contribution in [3.05, 3.63) is 29.8 Å². The zero-order chi connectivity index (χ0) is 12.8. The first-order chi connectivity index (χ1) is 8.75. The molecule has 0 fully saturated rings. The summed E-state index contributed by atoms with van der Waals surface area (Å²) in [5.41, 5.74) is 1.16. The maximum absolute atomic E-state index is 5.55. The third kappa shape index (κ3) is 3.77. The Hall–Kier alpha value is -1.48. The molecule has 0 aliphatic carbocycles. The Bertz CT molecular complexity index is 413. The molecule has 0 saturated carbocycles. The molecule has 0 bridgehead atoms. The third-order valence-corrected chi connectivity index (χ3v) is 2.74. The average Bonchev–Trinajstić information content (AvgIpc) is 2.38. The van der Waals surface area contributed by atoms with Crippen LogP contribution in [0.3, 0.4) is 0 Å². The Kier molecular flexibility index (Phi) is 4.65. The van der Waals surface area contributed by atoms with Gasteiger partial charge in [-0.25, -0.2) is 0 Å². The van der Waals surface area contributed by atoms with Crippen molar-refractivity contribution in [1.82, 2.24) is 5.32 Å². The van der Waals surface area contributed by atoms with E-state index in [1.54, 1.807) is 0 Å². The van der Waals surface area contributed by atoms with Crippen LogP contribution in [0.4, 0.5) is 0 Å². The Morgan fingerprint density at radius 3 is 2.78 bits per heavy atom. The van der Waals surface area contributed by atoms with E-state index >= 15 is 0 Å². The number of nitrogens with one attached hydrogen (secondary N) is 1. The molecule has 0 radical (unpaired) electrons. The van der Waals surface area contributed by atoms with Crippen molar-refractivity contribution in [1.29, 1.82) is 0 Å². The fraction of sp³-hybridized carbons (Fsp3) is 0.467. The number of fused-ring (bicyclic) bond motifs is 1. The molecule has 0 atom stereocenters. The first-order valence-corrected chi connectivity index (χ1v) is 6.55. The van der Waals surface area contributed by atoms with Gasteiger partial charge in [-0.05, 0) is 30.7 Å². The molecule has 1 aromatic carbocycles. The zero-order valence-electron chi connectivity index (χ0n) is 11.1. The first-order valence-electron chi connectivity index (χ1n) is 6.55. The summed E-state index contributed by atoms with van der Waals surface area (Å²) >= 11 is 0. The van der Waals surface area contributed by atoms with Crippen LogP contribution in [0.15, 0.2) is 24.3 Å². The summed E-state index contributed by atoms with van der Waals surface area (Å²) < 4.78 is 11.0. The smallest absolute Gasteiger partial charge is 0.161 e. The van der Waals surface area contributed by atoms with Crippen molar-refractivity contribution in [3.63, 3.8) is 0 Å². The second-order valence-corrected chi connectivity index (χ2v) is 4.70. The minimum absolute atomic E-state index is 0.549. The molecule has 0 saturated heterocycles. The lowest BCUT2D eigenvalue weighted by Gasteiger charge is -2.18. The topological polar surface area (TPSA) is 30.5 Å². The lowest BCUT2D eigenvalue weighted by molar-refractivity contribution is 0.171. The van der Waals surface area contributed by atoms with Crippen LogP contribution in [0.2, 0.25) is 0 Å². The van der Waals surface area contributed by atoms with E-state index in [4.69, 9.17) is 9.47 Å². The van der Waals surface area contributed by atoms with Crippen LogP contribution in [0, 0.1) is 0 Å². The molecule has 1 aliphatic rings. The van der Waals surface area contributed by atoms with Gasteiger partial charge in [0, 0.05) is 6.04 Å². The maximum Gasteiger partial charge on any atom is 0.161 e. The van der Waals surface area contributed by atoms with Gasteiger partial charge in [0.25, 0.3) is 0 Å². The molecule has 0 spiro atoms. The van der Waals surface area contributed by atoms with Gasteiger partial charge in [0.15, 0.2) is 11.5 Å². The van der Waals surface area contributed by atoms with E-state index in [0.29, 0.717) is 19.3 Å². The van der Waals surface area contributed by atoms with Gasteiger partial charge in [-0.15, -0.1) is 0 Å². The van der Waals surface area contributed by atoms with Crippen LogP contribution in [-0.4, -0.2) is 25.8 Å². The van der Waals surface area contributed by atoms with E-state index in [1.807, 2.05) is 12.1 Å². The van der Waals surface area contributed by atoms with E-state index in [9.17, 15) is 0 Å². The van der Waals surface area contributed by atoms with Gasteiger partial charge in [-0.3, -0.25) is 0 Å². The summed E-state index contributed by atoms with van der Waals surface area (Å²) in [5.74, 6) is 1.70. The second kappa shape index (κ2) is 6.45. The maximum atomic E-state index is 5.55. The Balaban J connectivity index is 1.87. The minimum Gasteiger partial charge on any atom is -0.486 e. The molecule has 18 heavy (non-hydrogen) atoms. The second-order valence-electron chi connectivity index (χ2n) is 4.70. The standard InChI is InChI=1S/C15H21NO2/c1-12(2)16-8-4-3-5-13-6-7-14-15(11-13)18-10-9-17-14/h3,5-7,11-12,16H,4,8-10H2,1-2H3. The van der Waals surface area contributed by atoms with Gasteiger partial charge >= 0.3 is 0 Å². The highest BCUT2D eigenvalue weighted by Gasteiger charge is 2.10. The highest BCUT2D eigenvalue weighted by Crippen LogP contribution is 2.31. The fourth-order valence-corrected chi connectivity index (χ4v) is 1.84. The molecule has 3 heteroatoms. The SMILES string of the molecule is CC(C)NCCC=Cc1ccc2c(c1)OCCO2. The van der Waals surface area contributed by atoms with Gasteiger partial charge in [0.2, 0.25) is 0 Å². The Morgan fingerprint density at radius 2 is 2.00 bits per heavy atom. The van der Waals surface area contributed by atoms with Crippen molar-refractivity contribution in [2.75, 3.05) is 19.8 Å². The van der Waals surface area contributed by atoms with E-state index in [-0.39, 0.29) is 0 Å². The van der Waals surface area contributed by atoms with Crippen molar-refractivity contribution in [3.8, 4) is 11.5 Å². The minimum atomic E-state index is 0.549. The number of hydrogen-bond acceptors (Lipinski definition) is 3.